The van der Waals surface area contributed by atoms with Crippen LogP contribution in [0.15, 0.2) is 61.1 Å². The Balaban J connectivity index is 1.41. The standard InChI is InChI=1S/C28H31ClN8O2/c1-35(2)13-6-9-24(38)36-14-5-8-21(16-36)37-28-25(27(30)32-18-33-28)26(34-37)19-10-11-23(22(29)15-19)39-17-20-7-3-4-12-31-20/h3-4,6-7,9-12,15,18,21H,5,8,13-14,16-17H2,1-2H3,(H2,30,32,33). The Morgan fingerprint density at radius 1 is 1.23 bits per heavy atom. The zero-order valence-corrected chi connectivity index (χ0v) is 22.8. The number of likely N-dealkylation sites (N-methyl/N-ethyl adjacent to an activating group) is 1. The van der Waals surface area contributed by atoms with Crippen LogP contribution in [0.1, 0.15) is 24.6 Å². The topological polar surface area (TPSA) is 115 Å². The van der Waals surface area contributed by atoms with E-state index in [1.165, 1.54) is 6.33 Å². The number of nitrogen functional groups attached to an aromatic ring is 1. The lowest BCUT2D eigenvalue weighted by Gasteiger charge is -2.32. The number of amides is 1. The van der Waals surface area contributed by atoms with Crippen LogP contribution < -0.4 is 10.5 Å². The Labute approximate surface area is 232 Å². The monoisotopic (exact) mass is 546 g/mol. The van der Waals surface area contributed by atoms with Gasteiger partial charge in [0.15, 0.2) is 5.65 Å². The average molecular weight is 547 g/mol. The van der Waals surface area contributed by atoms with Crippen molar-refractivity contribution in [3.8, 4) is 17.0 Å². The van der Waals surface area contributed by atoms with Crippen LogP contribution in [0.4, 0.5) is 5.82 Å². The summed E-state index contributed by atoms with van der Waals surface area (Å²) in [6, 6.07) is 11.1. The maximum absolute atomic E-state index is 12.8. The molecule has 0 bridgehead atoms. The van der Waals surface area contributed by atoms with Crippen molar-refractivity contribution in [2.75, 3.05) is 39.5 Å². The third-order valence-corrected chi connectivity index (χ3v) is 6.91. The highest BCUT2D eigenvalue weighted by Crippen LogP contribution is 2.37. The summed E-state index contributed by atoms with van der Waals surface area (Å²) in [6.07, 6.45) is 8.43. The molecule has 0 saturated carbocycles. The second-order valence-corrected chi connectivity index (χ2v) is 10.2. The minimum absolute atomic E-state index is 0.000415. The van der Waals surface area contributed by atoms with Crippen molar-refractivity contribution in [3.63, 3.8) is 0 Å². The highest BCUT2D eigenvalue weighted by Gasteiger charge is 2.28. The van der Waals surface area contributed by atoms with E-state index in [9.17, 15) is 4.79 Å². The van der Waals surface area contributed by atoms with E-state index in [0.29, 0.717) is 59.6 Å². The van der Waals surface area contributed by atoms with Crippen LogP contribution in [-0.4, -0.2) is 74.2 Å². The number of aromatic nitrogens is 5. The van der Waals surface area contributed by atoms with Gasteiger partial charge in [0, 0.05) is 37.5 Å². The van der Waals surface area contributed by atoms with Crippen LogP contribution in [-0.2, 0) is 11.4 Å². The Morgan fingerprint density at radius 3 is 2.87 bits per heavy atom. The molecule has 2 N–H and O–H groups in total. The highest BCUT2D eigenvalue weighted by atomic mass is 35.5. The summed E-state index contributed by atoms with van der Waals surface area (Å²) < 4.78 is 7.77. The summed E-state index contributed by atoms with van der Waals surface area (Å²) in [7, 11) is 3.94. The minimum Gasteiger partial charge on any atom is -0.486 e. The summed E-state index contributed by atoms with van der Waals surface area (Å²) >= 11 is 6.61. The molecule has 1 aliphatic rings. The molecule has 1 fully saturated rings. The zero-order chi connectivity index (χ0) is 27.4. The van der Waals surface area contributed by atoms with Crippen molar-refractivity contribution in [3.05, 3.63) is 71.8 Å². The predicted octanol–water partition coefficient (Wildman–Crippen LogP) is 3.98. The quantitative estimate of drug-likeness (QED) is 0.330. The Hall–Kier alpha value is -4.02. The van der Waals surface area contributed by atoms with E-state index < -0.39 is 0 Å². The van der Waals surface area contributed by atoms with Crippen LogP contribution in [0.25, 0.3) is 22.3 Å². The number of likely N-dealkylation sites (tertiary alicyclic amines) is 1. The van der Waals surface area contributed by atoms with E-state index >= 15 is 0 Å². The number of halogens is 1. The first-order valence-electron chi connectivity index (χ1n) is 12.8. The van der Waals surface area contributed by atoms with E-state index in [1.54, 1.807) is 18.3 Å². The molecule has 1 unspecified atom stereocenters. The molecule has 0 aliphatic carbocycles. The van der Waals surface area contributed by atoms with Crippen molar-refractivity contribution >= 4 is 34.4 Å². The number of carbonyl (C=O) groups excluding carboxylic acids is 1. The number of carbonyl (C=O) groups is 1. The number of benzene rings is 1. The smallest absolute Gasteiger partial charge is 0.246 e. The first-order valence-corrected chi connectivity index (χ1v) is 13.2. The van der Waals surface area contributed by atoms with Crippen LogP contribution in [0.5, 0.6) is 5.75 Å². The summed E-state index contributed by atoms with van der Waals surface area (Å²) in [5.41, 5.74) is 9.17. The van der Waals surface area contributed by atoms with E-state index in [-0.39, 0.29) is 11.9 Å². The van der Waals surface area contributed by atoms with Crippen LogP contribution in [0.2, 0.25) is 5.02 Å². The zero-order valence-electron chi connectivity index (χ0n) is 22.0. The SMILES string of the molecule is CN(C)CC=CC(=O)N1CCCC(n2nc(-c3ccc(OCc4ccccn4)c(Cl)c3)c3c(N)ncnc32)C1. The first-order chi connectivity index (χ1) is 18.9. The second kappa shape index (κ2) is 11.8. The van der Waals surface area contributed by atoms with E-state index in [2.05, 4.69) is 15.0 Å². The molecule has 5 rings (SSSR count). The summed E-state index contributed by atoms with van der Waals surface area (Å²) in [5.74, 6) is 0.881. The maximum atomic E-state index is 12.8. The number of nitrogens with two attached hydrogens (primary N) is 1. The van der Waals surface area contributed by atoms with Gasteiger partial charge in [0.25, 0.3) is 0 Å². The van der Waals surface area contributed by atoms with Gasteiger partial charge in [0.05, 0.1) is 22.1 Å². The average Bonchev–Trinajstić information content (AvgIpc) is 3.34. The molecule has 4 aromatic rings. The molecule has 1 saturated heterocycles. The number of hydrogen-bond acceptors (Lipinski definition) is 8. The predicted molar refractivity (Wildman–Crippen MR) is 151 cm³/mol. The van der Waals surface area contributed by atoms with Gasteiger partial charge in [-0.25, -0.2) is 14.6 Å². The van der Waals surface area contributed by atoms with Gasteiger partial charge in [0.2, 0.25) is 5.91 Å². The first kappa shape index (κ1) is 26.6. The van der Waals surface area contributed by atoms with Crippen molar-refractivity contribution in [1.29, 1.82) is 0 Å². The van der Waals surface area contributed by atoms with Crippen molar-refractivity contribution < 1.29 is 9.53 Å². The van der Waals surface area contributed by atoms with Crippen LogP contribution in [0.3, 0.4) is 0 Å². The molecule has 0 spiro atoms. The van der Waals surface area contributed by atoms with Gasteiger partial charge in [0.1, 0.15) is 30.2 Å². The number of pyridine rings is 1. The van der Waals surface area contributed by atoms with E-state index in [1.807, 2.05) is 65.0 Å². The van der Waals surface area contributed by atoms with Crippen molar-refractivity contribution in [2.45, 2.75) is 25.5 Å². The van der Waals surface area contributed by atoms with E-state index in [4.69, 9.17) is 27.2 Å². The Morgan fingerprint density at radius 2 is 2.10 bits per heavy atom. The Bertz CT molecular complexity index is 1490. The molecule has 11 heteroatoms. The molecule has 202 valence electrons. The lowest BCUT2D eigenvalue weighted by Crippen LogP contribution is -2.40. The number of piperidine rings is 1. The maximum Gasteiger partial charge on any atom is 0.246 e. The van der Waals surface area contributed by atoms with Crippen molar-refractivity contribution in [2.24, 2.45) is 0 Å². The molecule has 1 amide bonds. The van der Waals surface area contributed by atoms with Gasteiger partial charge >= 0.3 is 0 Å². The number of ether oxygens (including phenoxy) is 1. The molecule has 4 heterocycles. The number of anilines is 1. The van der Waals surface area contributed by atoms with Gasteiger partial charge in [-0.1, -0.05) is 23.7 Å². The molecular weight excluding hydrogens is 516 g/mol. The summed E-state index contributed by atoms with van der Waals surface area (Å²) in [6.45, 7) is 2.26. The minimum atomic E-state index is -0.0491. The molecule has 1 aromatic carbocycles. The number of hydrogen-bond donors (Lipinski definition) is 1. The van der Waals surface area contributed by atoms with Gasteiger partial charge in [-0.15, -0.1) is 0 Å². The van der Waals surface area contributed by atoms with Gasteiger partial charge in [-0.2, -0.15) is 5.10 Å². The van der Waals surface area contributed by atoms with Crippen LogP contribution >= 0.6 is 11.6 Å². The molecule has 0 radical (unpaired) electrons. The molecular formula is C28H31ClN8O2. The summed E-state index contributed by atoms with van der Waals surface area (Å²) in [5, 5.41) is 6.05. The van der Waals surface area contributed by atoms with Crippen molar-refractivity contribution in [1.82, 2.24) is 34.5 Å². The molecule has 10 nitrogen and oxygen atoms in total. The molecule has 1 aliphatic heterocycles. The molecule has 3 aromatic heterocycles. The third kappa shape index (κ3) is 6.02. The van der Waals surface area contributed by atoms with Gasteiger partial charge in [-0.3, -0.25) is 9.78 Å². The molecule has 1 atom stereocenters. The molecule has 39 heavy (non-hydrogen) atoms. The van der Waals surface area contributed by atoms with Crippen LogP contribution in [0, 0.1) is 0 Å². The lowest BCUT2D eigenvalue weighted by atomic mass is 10.1. The Kier molecular flexibility index (Phi) is 8.04. The normalized spacial score (nSPS) is 15.9. The lowest BCUT2D eigenvalue weighted by molar-refractivity contribution is -0.127. The van der Waals surface area contributed by atoms with E-state index in [0.717, 1.165) is 24.1 Å². The fourth-order valence-corrected chi connectivity index (χ4v) is 4.91. The largest absolute Gasteiger partial charge is 0.486 e. The fourth-order valence-electron chi connectivity index (χ4n) is 4.68. The van der Waals surface area contributed by atoms with Gasteiger partial charge < -0.3 is 20.3 Å². The fraction of sp³-hybridized carbons (Fsp3) is 0.321. The second-order valence-electron chi connectivity index (χ2n) is 9.75. The number of rotatable bonds is 8. The van der Waals surface area contributed by atoms with Gasteiger partial charge in [-0.05, 0) is 57.3 Å². The number of fused-ring (bicyclic) bond motifs is 1. The highest BCUT2D eigenvalue weighted by molar-refractivity contribution is 6.32. The summed E-state index contributed by atoms with van der Waals surface area (Å²) in [4.78, 5) is 29.7. The number of nitrogens with zero attached hydrogens (tertiary/aromatic N) is 7. The third-order valence-electron chi connectivity index (χ3n) is 6.61.